The molecule has 3 heterocycles. The fourth-order valence-electron chi connectivity index (χ4n) is 6.45. The minimum absolute atomic E-state index is 0.0309. The molecule has 0 radical (unpaired) electrons. The average molecular weight is 648 g/mol. The van der Waals surface area contributed by atoms with Gasteiger partial charge in [-0.05, 0) is 61.2 Å². The molecule has 3 fully saturated rings. The van der Waals surface area contributed by atoms with Gasteiger partial charge in [-0.25, -0.2) is 23.2 Å². The Hall–Kier alpha value is -3.71. The van der Waals surface area contributed by atoms with E-state index in [0.29, 0.717) is 50.1 Å². The van der Waals surface area contributed by atoms with Crippen LogP contribution < -0.4 is 16.1 Å². The van der Waals surface area contributed by atoms with Gasteiger partial charge in [0, 0.05) is 45.5 Å². The second-order valence-corrected chi connectivity index (χ2v) is 14.1. The number of carbonyl (C=O) groups is 2. The van der Waals surface area contributed by atoms with E-state index in [1.807, 2.05) is 5.01 Å². The largest absolute Gasteiger partial charge is 0.416 e. The van der Waals surface area contributed by atoms with Gasteiger partial charge < -0.3 is 15.5 Å². The third-order valence-electron chi connectivity index (χ3n) is 8.98. The Morgan fingerprint density at radius 3 is 2.33 bits per heavy atom. The molecule has 242 valence electrons. The first-order valence-corrected chi connectivity index (χ1v) is 16.1. The van der Waals surface area contributed by atoms with Gasteiger partial charge in [0.2, 0.25) is 21.8 Å². The van der Waals surface area contributed by atoms with Crippen LogP contribution in [0.15, 0.2) is 53.4 Å². The van der Waals surface area contributed by atoms with Crippen LogP contribution in [0.5, 0.6) is 0 Å². The highest BCUT2D eigenvalue weighted by Crippen LogP contribution is 2.40. The number of benzene rings is 2. The Bertz CT molecular complexity index is 1550. The zero-order valence-electron chi connectivity index (χ0n) is 25.0. The van der Waals surface area contributed by atoms with Gasteiger partial charge in [0.05, 0.1) is 40.8 Å². The molecule has 3 aliphatic heterocycles. The fourth-order valence-corrected chi connectivity index (χ4v) is 7.35. The summed E-state index contributed by atoms with van der Waals surface area (Å²) in [6, 6.07) is 12.9. The molecule has 0 saturated carbocycles. The number of hydrazine groups is 1. The molecule has 2 aromatic rings. The van der Waals surface area contributed by atoms with E-state index in [2.05, 4.69) is 22.1 Å². The summed E-state index contributed by atoms with van der Waals surface area (Å²) in [5.41, 5.74) is 3.12. The van der Waals surface area contributed by atoms with Gasteiger partial charge in [-0.2, -0.15) is 18.4 Å². The molecule has 0 aromatic heterocycles. The summed E-state index contributed by atoms with van der Waals surface area (Å²) in [5, 5.41) is 18.1. The number of carbonyl (C=O) groups excluding carboxylic acids is 2. The van der Waals surface area contributed by atoms with Gasteiger partial charge in [-0.15, -0.1) is 0 Å². The molecular weight excluding hydrogens is 611 g/mol. The number of alkyl halides is 3. The van der Waals surface area contributed by atoms with Crippen LogP contribution in [0.3, 0.4) is 0 Å². The zero-order chi connectivity index (χ0) is 32.6. The Labute approximate surface area is 260 Å². The normalized spacial score (nSPS) is 23.7. The van der Waals surface area contributed by atoms with Crippen molar-refractivity contribution in [1.82, 2.24) is 25.0 Å². The monoisotopic (exact) mass is 647 g/mol. The molecule has 3 atom stereocenters. The van der Waals surface area contributed by atoms with Crippen molar-refractivity contribution in [2.45, 2.75) is 60.9 Å². The summed E-state index contributed by atoms with van der Waals surface area (Å²) >= 11 is 0. The van der Waals surface area contributed by atoms with E-state index in [9.17, 15) is 36.4 Å². The number of nitrogens with one attached hydrogen (secondary N) is 3. The maximum Gasteiger partial charge on any atom is 0.416 e. The highest BCUT2D eigenvalue weighted by atomic mass is 32.2. The smallest absolute Gasteiger partial charge is 0.368 e. The van der Waals surface area contributed by atoms with Gasteiger partial charge in [0.15, 0.2) is 0 Å². The number of halogens is 3. The van der Waals surface area contributed by atoms with Gasteiger partial charge in [-0.3, -0.25) is 9.59 Å². The van der Waals surface area contributed by atoms with Gasteiger partial charge in [0.25, 0.3) is 0 Å². The molecule has 0 spiro atoms. The number of rotatable bonds is 8. The summed E-state index contributed by atoms with van der Waals surface area (Å²) in [7, 11) is -0.693. The quantitative estimate of drug-likeness (QED) is 0.398. The van der Waals surface area contributed by atoms with E-state index in [4.69, 9.17) is 0 Å². The number of hydrogen-bond acceptors (Lipinski definition) is 8. The highest BCUT2D eigenvalue weighted by Gasteiger charge is 2.55. The fraction of sp³-hybridized carbons (Fsp3) is 0.500. The molecule has 3 aliphatic rings. The molecule has 3 saturated heterocycles. The number of likely N-dealkylation sites (tertiary alicyclic amines) is 1. The van der Waals surface area contributed by atoms with E-state index < -0.39 is 39.4 Å². The Balaban J connectivity index is 1.29. The van der Waals surface area contributed by atoms with Crippen molar-refractivity contribution in [1.29, 1.82) is 5.26 Å². The molecule has 3 unspecified atom stereocenters. The van der Waals surface area contributed by atoms with Crippen LogP contribution in [-0.4, -0.2) is 85.9 Å². The van der Waals surface area contributed by atoms with Crippen molar-refractivity contribution in [3.05, 3.63) is 59.7 Å². The summed E-state index contributed by atoms with van der Waals surface area (Å²) in [5.74, 6) is -0.843. The molecule has 0 bridgehead atoms. The van der Waals surface area contributed by atoms with E-state index in [0.717, 1.165) is 16.4 Å². The third-order valence-corrected chi connectivity index (χ3v) is 10.8. The van der Waals surface area contributed by atoms with E-state index in [1.54, 1.807) is 17.0 Å². The number of nitrogens with zero attached hydrogens (tertiary/aromatic N) is 4. The van der Waals surface area contributed by atoms with Crippen molar-refractivity contribution in [2.24, 2.45) is 5.92 Å². The Kier molecular flexibility index (Phi) is 9.14. The molecular formula is C30H36F3N7O4S. The number of amides is 2. The lowest BCUT2D eigenvalue weighted by atomic mass is 9.81. The van der Waals surface area contributed by atoms with Crippen LogP contribution in [0.25, 0.3) is 0 Å². The van der Waals surface area contributed by atoms with Crippen LogP contribution in [0.2, 0.25) is 0 Å². The lowest BCUT2D eigenvalue weighted by Crippen LogP contribution is -2.62. The van der Waals surface area contributed by atoms with Gasteiger partial charge in [-0.1, -0.05) is 12.1 Å². The number of fused-ring (bicyclic) bond motifs is 1. The number of anilines is 1. The minimum atomic E-state index is -4.45. The van der Waals surface area contributed by atoms with E-state index >= 15 is 0 Å². The van der Waals surface area contributed by atoms with Crippen LogP contribution in [0, 0.1) is 17.2 Å². The second-order valence-electron chi connectivity index (χ2n) is 11.9. The van der Waals surface area contributed by atoms with E-state index in [1.165, 1.54) is 38.4 Å². The Morgan fingerprint density at radius 1 is 1.11 bits per heavy atom. The minimum Gasteiger partial charge on any atom is -0.368 e. The first-order valence-electron chi connectivity index (χ1n) is 14.7. The van der Waals surface area contributed by atoms with Crippen molar-refractivity contribution in [3.8, 4) is 6.07 Å². The SMILES string of the molecule is CN(C)S(=O)(=O)c1ccc(NC2NN(C3(CC#N)CCN(C(=O)Cc4ccc(C(F)(F)F)cc4)CC3)C3CCNC(=O)C23)cc1. The van der Waals surface area contributed by atoms with Gasteiger partial charge in [0.1, 0.15) is 6.17 Å². The van der Waals surface area contributed by atoms with Crippen LogP contribution in [0.4, 0.5) is 18.9 Å². The zero-order valence-corrected chi connectivity index (χ0v) is 25.8. The van der Waals surface area contributed by atoms with Crippen LogP contribution in [0.1, 0.15) is 36.8 Å². The molecule has 15 heteroatoms. The topological polar surface area (TPSA) is 138 Å². The molecule has 45 heavy (non-hydrogen) atoms. The van der Waals surface area contributed by atoms with E-state index in [-0.39, 0.29) is 35.6 Å². The summed E-state index contributed by atoms with van der Waals surface area (Å²) in [4.78, 5) is 28.0. The van der Waals surface area contributed by atoms with Crippen molar-refractivity contribution in [3.63, 3.8) is 0 Å². The predicted molar refractivity (Wildman–Crippen MR) is 159 cm³/mol. The number of sulfonamides is 1. The first kappa shape index (κ1) is 32.7. The molecule has 11 nitrogen and oxygen atoms in total. The summed E-state index contributed by atoms with van der Waals surface area (Å²) in [6.45, 7) is 1.17. The summed E-state index contributed by atoms with van der Waals surface area (Å²) < 4.78 is 64.8. The lowest BCUT2D eigenvalue weighted by Gasteiger charge is -2.49. The van der Waals surface area contributed by atoms with Crippen LogP contribution in [-0.2, 0) is 32.2 Å². The maximum absolute atomic E-state index is 13.1. The maximum atomic E-state index is 13.1. The molecule has 0 aliphatic carbocycles. The number of piperidine rings is 2. The third kappa shape index (κ3) is 6.64. The Morgan fingerprint density at radius 2 is 1.76 bits per heavy atom. The van der Waals surface area contributed by atoms with Crippen molar-refractivity contribution in [2.75, 3.05) is 39.0 Å². The predicted octanol–water partition coefficient (Wildman–Crippen LogP) is 2.54. The highest BCUT2D eigenvalue weighted by molar-refractivity contribution is 7.89. The summed E-state index contributed by atoms with van der Waals surface area (Å²) in [6.07, 6.45) is -3.30. The average Bonchev–Trinajstić information content (AvgIpc) is 3.37. The first-order chi connectivity index (χ1) is 21.2. The molecule has 5 rings (SSSR count). The molecule has 3 N–H and O–H groups in total. The lowest BCUT2D eigenvalue weighted by molar-refractivity contribution is -0.137. The van der Waals surface area contributed by atoms with Crippen molar-refractivity contribution >= 4 is 27.5 Å². The number of nitriles is 1. The molecule has 2 aromatic carbocycles. The van der Waals surface area contributed by atoms with Crippen molar-refractivity contribution < 1.29 is 31.2 Å². The number of hydrogen-bond donors (Lipinski definition) is 3. The standard InChI is InChI=1S/C30H36F3N7O4S/c1-38(2)45(43,44)23-9-7-22(8-10-23)36-27-26-24(11-16-35-28(26)42)40(37-27)29(12-15-34)13-17-39(18-14-29)25(41)19-20-3-5-21(6-4-20)30(31,32)33/h3-10,24,26-27,36-37H,11-14,16-19H2,1-2H3,(H,35,42). The van der Waals surface area contributed by atoms with Gasteiger partial charge >= 0.3 is 6.18 Å². The van der Waals surface area contributed by atoms with Crippen LogP contribution >= 0.6 is 0 Å². The molecule has 2 amide bonds. The second kappa shape index (κ2) is 12.6.